The van der Waals surface area contributed by atoms with Crippen molar-refractivity contribution in [3.8, 4) is 0 Å². The molecular formula is C16H22N2O8S. The van der Waals surface area contributed by atoms with E-state index in [1.165, 1.54) is 12.1 Å². The lowest BCUT2D eigenvalue weighted by atomic mass is 10.1. The van der Waals surface area contributed by atoms with Crippen molar-refractivity contribution in [1.29, 1.82) is 0 Å². The van der Waals surface area contributed by atoms with Crippen molar-refractivity contribution >= 4 is 27.7 Å². The first-order valence-corrected chi connectivity index (χ1v) is 9.91. The number of nitrogens with one attached hydrogen (secondary N) is 1. The maximum absolute atomic E-state index is 11.9. The molecule has 2 N–H and O–H groups in total. The fourth-order valence-corrected chi connectivity index (χ4v) is 2.69. The van der Waals surface area contributed by atoms with E-state index in [0.717, 1.165) is 12.5 Å². The van der Waals surface area contributed by atoms with E-state index in [9.17, 15) is 28.1 Å². The van der Waals surface area contributed by atoms with Crippen LogP contribution in [0.3, 0.4) is 0 Å². The number of nitrogens with zero attached hydrogens (tertiary/aromatic N) is 1. The highest BCUT2D eigenvalue weighted by Crippen LogP contribution is 2.21. The van der Waals surface area contributed by atoms with Crippen molar-refractivity contribution in [2.75, 3.05) is 12.3 Å². The van der Waals surface area contributed by atoms with Crippen LogP contribution in [0.5, 0.6) is 0 Å². The Hall–Kier alpha value is -2.53. The number of nitro benzene ring substituents is 1. The molecule has 0 fully saturated rings. The number of hydrogen-bond donors (Lipinski definition) is 2. The Bertz CT molecular complexity index is 792. The predicted octanol–water partition coefficient (Wildman–Crippen LogP) is 1.84. The summed E-state index contributed by atoms with van der Waals surface area (Å²) in [6.07, 6.45) is 0.930. The van der Waals surface area contributed by atoms with Crippen LogP contribution in [0.1, 0.15) is 48.5 Å². The monoisotopic (exact) mass is 402 g/mol. The number of benzene rings is 1. The summed E-state index contributed by atoms with van der Waals surface area (Å²) < 4.78 is 34.7. The van der Waals surface area contributed by atoms with Gasteiger partial charge >= 0.3 is 5.97 Å². The van der Waals surface area contributed by atoms with Crippen molar-refractivity contribution in [3.05, 3.63) is 39.4 Å². The summed E-state index contributed by atoms with van der Waals surface area (Å²) in [5.41, 5.74) is -0.0629. The Labute approximate surface area is 156 Å². The van der Waals surface area contributed by atoms with Crippen LogP contribution in [0.15, 0.2) is 18.2 Å². The van der Waals surface area contributed by atoms with E-state index >= 15 is 0 Å². The van der Waals surface area contributed by atoms with Crippen LogP contribution < -0.4 is 5.32 Å². The van der Waals surface area contributed by atoms with Crippen molar-refractivity contribution in [2.24, 2.45) is 0 Å². The number of carbonyl (C=O) groups excluding carboxylic acids is 2. The second kappa shape index (κ2) is 10.6. The first kappa shape index (κ1) is 22.5. The molecular weight excluding hydrogens is 380 g/mol. The molecule has 11 heteroatoms. The van der Waals surface area contributed by atoms with Gasteiger partial charge in [0.25, 0.3) is 21.7 Å². The van der Waals surface area contributed by atoms with Crippen LogP contribution in [0, 0.1) is 10.1 Å². The molecule has 27 heavy (non-hydrogen) atoms. The summed E-state index contributed by atoms with van der Waals surface area (Å²) in [4.78, 5) is 34.1. The van der Waals surface area contributed by atoms with Crippen molar-refractivity contribution in [2.45, 2.75) is 39.2 Å². The molecule has 0 heterocycles. The number of unbranched alkanes of at least 4 members (excludes halogenated alkanes) is 1. The molecule has 0 radical (unpaired) electrons. The normalized spacial score (nSPS) is 11.0. The zero-order chi connectivity index (χ0) is 20.4. The van der Waals surface area contributed by atoms with Crippen molar-refractivity contribution in [1.82, 2.24) is 5.32 Å². The lowest BCUT2D eigenvalue weighted by molar-refractivity contribution is -0.385. The molecule has 1 rings (SSSR count). The molecule has 0 aliphatic heterocycles. The Morgan fingerprint density at radius 2 is 2.00 bits per heavy atom. The quantitative estimate of drug-likeness (QED) is 0.187. The van der Waals surface area contributed by atoms with Crippen LogP contribution in [0.2, 0.25) is 0 Å². The van der Waals surface area contributed by atoms with Gasteiger partial charge in [0.2, 0.25) is 0 Å². The van der Waals surface area contributed by atoms with E-state index in [4.69, 9.17) is 9.29 Å². The maximum Gasteiger partial charge on any atom is 0.306 e. The number of rotatable bonds is 11. The van der Waals surface area contributed by atoms with Crippen LogP contribution >= 0.6 is 0 Å². The summed E-state index contributed by atoms with van der Waals surface area (Å²) >= 11 is 0. The Balaban J connectivity index is 2.64. The molecule has 1 amide bonds. The predicted molar refractivity (Wildman–Crippen MR) is 95.8 cm³/mol. The molecule has 0 unspecified atom stereocenters. The van der Waals surface area contributed by atoms with Crippen LogP contribution in [-0.2, 0) is 26.3 Å². The summed E-state index contributed by atoms with van der Waals surface area (Å²) in [5.74, 6) is -1.53. The fourth-order valence-electron chi connectivity index (χ4n) is 2.12. The number of esters is 1. The minimum absolute atomic E-state index is 0.0825. The smallest absolute Gasteiger partial charge is 0.306 e. The molecule has 1 aromatic carbocycles. The van der Waals surface area contributed by atoms with Gasteiger partial charge in [-0.25, -0.2) is 0 Å². The molecule has 10 nitrogen and oxygen atoms in total. The fraction of sp³-hybridized carbons (Fsp3) is 0.500. The molecule has 150 valence electrons. The highest BCUT2D eigenvalue weighted by atomic mass is 32.2. The summed E-state index contributed by atoms with van der Waals surface area (Å²) in [6.45, 7) is 1.98. The average Bonchev–Trinajstić information content (AvgIpc) is 2.60. The van der Waals surface area contributed by atoms with E-state index in [-0.39, 0.29) is 42.7 Å². The molecule has 0 saturated heterocycles. The molecule has 0 bridgehead atoms. The summed E-state index contributed by atoms with van der Waals surface area (Å²) in [5, 5.41) is 13.8. The van der Waals surface area contributed by atoms with Gasteiger partial charge in [0.05, 0.1) is 16.2 Å². The highest BCUT2D eigenvalue weighted by Gasteiger charge is 2.18. The highest BCUT2D eigenvalue weighted by molar-refractivity contribution is 7.85. The van der Waals surface area contributed by atoms with Crippen LogP contribution in [-0.4, -0.2) is 42.1 Å². The van der Waals surface area contributed by atoms with Gasteiger partial charge in [-0.05, 0) is 31.4 Å². The molecule has 0 atom stereocenters. The van der Waals surface area contributed by atoms with E-state index in [2.05, 4.69) is 5.32 Å². The first-order chi connectivity index (χ1) is 12.6. The molecule has 0 aliphatic carbocycles. The Kier molecular flexibility index (Phi) is 8.82. The number of amides is 1. The summed E-state index contributed by atoms with van der Waals surface area (Å²) in [6, 6.07) is 3.89. The van der Waals surface area contributed by atoms with Gasteiger partial charge < -0.3 is 10.1 Å². The minimum Gasteiger partial charge on any atom is -0.461 e. The second-order valence-electron chi connectivity index (χ2n) is 5.76. The third-order valence-electron chi connectivity index (χ3n) is 3.50. The zero-order valence-corrected chi connectivity index (χ0v) is 15.7. The lowest BCUT2D eigenvalue weighted by Crippen LogP contribution is -2.24. The zero-order valence-electron chi connectivity index (χ0n) is 14.8. The van der Waals surface area contributed by atoms with E-state index in [0.29, 0.717) is 6.54 Å². The third-order valence-corrected chi connectivity index (χ3v) is 4.31. The number of nitro groups is 1. The van der Waals surface area contributed by atoms with Gasteiger partial charge in [0.15, 0.2) is 0 Å². The topological polar surface area (TPSA) is 153 Å². The van der Waals surface area contributed by atoms with Crippen LogP contribution in [0.25, 0.3) is 0 Å². The molecule has 0 aliphatic rings. The molecule has 0 saturated carbocycles. The first-order valence-electron chi connectivity index (χ1n) is 8.30. The second-order valence-corrected chi connectivity index (χ2v) is 7.33. The van der Waals surface area contributed by atoms with Gasteiger partial charge in [0.1, 0.15) is 6.61 Å². The van der Waals surface area contributed by atoms with Gasteiger partial charge in [0, 0.05) is 24.6 Å². The van der Waals surface area contributed by atoms with Crippen LogP contribution in [0.4, 0.5) is 5.69 Å². The van der Waals surface area contributed by atoms with E-state index in [1.54, 1.807) is 0 Å². The van der Waals surface area contributed by atoms with Gasteiger partial charge in [-0.15, -0.1) is 0 Å². The van der Waals surface area contributed by atoms with E-state index < -0.39 is 32.7 Å². The Morgan fingerprint density at radius 3 is 2.59 bits per heavy atom. The molecule has 0 aromatic heterocycles. The molecule has 0 spiro atoms. The largest absolute Gasteiger partial charge is 0.461 e. The Morgan fingerprint density at radius 1 is 1.30 bits per heavy atom. The van der Waals surface area contributed by atoms with Gasteiger partial charge in [-0.1, -0.05) is 6.92 Å². The third kappa shape index (κ3) is 8.60. The standard InChI is InChI=1S/C16H22N2O8S/c1-2-8-17-16(20)12-6-7-13(14(10-12)18(21)22)11-26-15(19)5-3-4-9-27(23,24)25/h6-7,10H,2-5,8-9,11H2,1H3,(H,17,20)(H,23,24,25). The maximum atomic E-state index is 11.9. The lowest BCUT2D eigenvalue weighted by Gasteiger charge is -2.08. The van der Waals surface area contributed by atoms with E-state index in [1.807, 2.05) is 6.92 Å². The number of carbonyl (C=O) groups is 2. The minimum atomic E-state index is -4.07. The van der Waals surface area contributed by atoms with Gasteiger partial charge in [-0.3, -0.25) is 24.3 Å². The average molecular weight is 402 g/mol. The van der Waals surface area contributed by atoms with Crippen molar-refractivity contribution < 1.29 is 32.2 Å². The number of hydrogen-bond acceptors (Lipinski definition) is 7. The van der Waals surface area contributed by atoms with Gasteiger partial charge in [-0.2, -0.15) is 8.42 Å². The SMILES string of the molecule is CCCNC(=O)c1ccc(COC(=O)CCCCS(=O)(=O)O)c([N+](=O)[O-])c1. The van der Waals surface area contributed by atoms with Crippen molar-refractivity contribution in [3.63, 3.8) is 0 Å². The number of ether oxygens (including phenoxy) is 1. The molecule has 1 aromatic rings. The summed E-state index contributed by atoms with van der Waals surface area (Å²) in [7, 11) is -4.07.